The van der Waals surface area contributed by atoms with Crippen LogP contribution in [-0.2, 0) is 21.6 Å². The molecule has 1 aromatic heterocycles. The molecule has 0 unspecified atom stereocenters. The van der Waals surface area contributed by atoms with E-state index in [4.69, 9.17) is 9.78 Å². The predicted octanol–water partition coefficient (Wildman–Crippen LogP) is 5.82. The van der Waals surface area contributed by atoms with E-state index < -0.39 is 11.9 Å². The summed E-state index contributed by atoms with van der Waals surface area (Å²) in [6.07, 6.45) is 8.48. The Labute approximate surface area is 221 Å². The molecule has 2 aliphatic rings. The van der Waals surface area contributed by atoms with Crippen LogP contribution < -0.4 is 4.90 Å². The molecule has 1 aliphatic carbocycles. The molecule has 37 heavy (non-hydrogen) atoms. The molecule has 0 N–H and O–H groups in total. The zero-order valence-electron chi connectivity index (χ0n) is 21.1. The van der Waals surface area contributed by atoms with Crippen molar-refractivity contribution in [3.63, 3.8) is 0 Å². The minimum Gasteiger partial charge on any atom is -0.372 e. The van der Waals surface area contributed by atoms with Gasteiger partial charge in [-0.3, -0.25) is 0 Å². The Bertz CT molecular complexity index is 1210. The summed E-state index contributed by atoms with van der Waals surface area (Å²) in [4.78, 5) is 38.0. The van der Waals surface area contributed by atoms with Gasteiger partial charge in [0, 0.05) is 30.7 Å². The zero-order chi connectivity index (χ0) is 25.6. The third-order valence-electron chi connectivity index (χ3n) is 7.12. The van der Waals surface area contributed by atoms with Gasteiger partial charge in [0.15, 0.2) is 10.7 Å². The van der Waals surface area contributed by atoms with Crippen molar-refractivity contribution in [3.05, 3.63) is 54.2 Å². The quantitative estimate of drug-likeness (QED) is 0.297. The van der Waals surface area contributed by atoms with Crippen molar-refractivity contribution in [1.82, 2.24) is 15.0 Å². The second-order valence-electron chi connectivity index (χ2n) is 9.70. The van der Waals surface area contributed by atoms with Gasteiger partial charge in [-0.2, -0.15) is 0 Å². The highest BCUT2D eigenvalue weighted by atomic mass is 32.2. The third kappa shape index (κ3) is 6.15. The highest BCUT2D eigenvalue weighted by Gasteiger charge is 2.27. The van der Waals surface area contributed by atoms with Crippen molar-refractivity contribution in [1.29, 1.82) is 0 Å². The van der Waals surface area contributed by atoms with Gasteiger partial charge in [-0.05, 0) is 67.5 Å². The molecule has 1 aliphatic heterocycles. The molecule has 5 rings (SSSR count). The number of aromatic nitrogens is 3. The van der Waals surface area contributed by atoms with Crippen molar-refractivity contribution >= 4 is 29.4 Å². The van der Waals surface area contributed by atoms with Gasteiger partial charge in [0.1, 0.15) is 0 Å². The first kappa shape index (κ1) is 25.3. The minimum absolute atomic E-state index is 0.138. The highest BCUT2D eigenvalue weighted by Crippen LogP contribution is 2.32. The van der Waals surface area contributed by atoms with Crippen LogP contribution in [0, 0.1) is 5.92 Å². The Kier molecular flexibility index (Phi) is 8.08. The van der Waals surface area contributed by atoms with E-state index in [0.717, 1.165) is 61.2 Å². The average molecular weight is 521 g/mol. The van der Waals surface area contributed by atoms with Gasteiger partial charge in [-0.15, -0.1) is 5.10 Å². The lowest BCUT2D eigenvalue weighted by atomic mass is 9.89. The van der Waals surface area contributed by atoms with Crippen LogP contribution in [0.4, 0.5) is 5.69 Å². The molecule has 0 spiro atoms. The number of anilines is 1. The van der Waals surface area contributed by atoms with Crippen LogP contribution >= 0.6 is 11.8 Å². The van der Waals surface area contributed by atoms with Crippen molar-refractivity contribution in [2.24, 2.45) is 13.0 Å². The largest absolute Gasteiger partial charge is 0.407 e. The smallest absolute Gasteiger partial charge is 0.372 e. The Balaban J connectivity index is 1.21. The summed E-state index contributed by atoms with van der Waals surface area (Å²) in [5, 5.41) is 8.47. The summed E-state index contributed by atoms with van der Waals surface area (Å²) in [6, 6.07) is 16.8. The molecule has 9 heteroatoms. The fourth-order valence-electron chi connectivity index (χ4n) is 4.99. The summed E-state index contributed by atoms with van der Waals surface area (Å²) in [6.45, 7) is 2.26. The lowest BCUT2D eigenvalue weighted by molar-refractivity contribution is -0.239. The van der Waals surface area contributed by atoms with Crippen molar-refractivity contribution in [3.8, 4) is 11.1 Å². The summed E-state index contributed by atoms with van der Waals surface area (Å²) in [5.74, 6) is -1.49. The summed E-state index contributed by atoms with van der Waals surface area (Å²) in [5.41, 5.74) is 3.68. The van der Waals surface area contributed by atoms with Crippen LogP contribution in [0.2, 0.25) is 0 Å². The second-order valence-corrected chi connectivity index (χ2v) is 10.8. The summed E-state index contributed by atoms with van der Waals surface area (Å²) < 4.78 is 1.33. The van der Waals surface area contributed by atoms with Gasteiger partial charge in [0.25, 0.3) is 0 Å². The Morgan fingerprint density at radius 3 is 2.14 bits per heavy atom. The van der Waals surface area contributed by atoms with Crippen LogP contribution in [0.5, 0.6) is 0 Å². The number of piperidine rings is 1. The topological polar surface area (TPSA) is 86.6 Å². The minimum atomic E-state index is -0.787. The molecular formula is C28H32N4O4S. The monoisotopic (exact) mass is 520 g/mol. The molecule has 2 fully saturated rings. The number of benzene rings is 2. The molecule has 2 aromatic carbocycles. The summed E-state index contributed by atoms with van der Waals surface area (Å²) in [7, 11) is 1.60. The van der Waals surface area contributed by atoms with Crippen LogP contribution in [0.15, 0.2) is 58.5 Å². The molecule has 1 saturated carbocycles. The Morgan fingerprint density at radius 1 is 0.838 bits per heavy atom. The van der Waals surface area contributed by atoms with Gasteiger partial charge in [0.05, 0.1) is 5.92 Å². The van der Waals surface area contributed by atoms with Crippen molar-refractivity contribution < 1.29 is 19.4 Å². The maximum absolute atomic E-state index is 12.7. The van der Waals surface area contributed by atoms with Gasteiger partial charge in [0.2, 0.25) is 0 Å². The number of carbonyl (C=O) groups is 2. The first-order valence-electron chi connectivity index (χ1n) is 13.0. The normalized spacial score (nSPS) is 16.4. The lowest BCUT2D eigenvalue weighted by Gasteiger charge is -2.28. The molecule has 2 heterocycles. The van der Waals surface area contributed by atoms with E-state index in [0.29, 0.717) is 5.03 Å². The number of carbonyl (C=O) groups excluding carboxylic acids is 2. The van der Waals surface area contributed by atoms with Gasteiger partial charge < -0.3 is 4.90 Å². The van der Waals surface area contributed by atoms with E-state index in [-0.39, 0.29) is 11.6 Å². The van der Waals surface area contributed by atoms with Crippen LogP contribution in [0.1, 0.15) is 61.9 Å². The van der Waals surface area contributed by atoms with E-state index >= 15 is 0 Å². The molecule has 0 radical (unpaired) electrons. The summed E-state index contributed by atoms with van der Waals surface area (Å²) >= 11 is 1.31. The molecular weight excluding hydrogens is 488 g/mol. The fourth-order valence-corrected chi connectivity index (χ4v) is 5.88. The number of aryl methyl sites for hydroxylation is 1. The zero-order valence-corrected chi connectivity index (χ0v) is 21.9. The Hall–Kier alpha value is -3.33. The van der Waals surface area contributed by atoms with E-state index in [1.165, 1.54) is 41.4 Å². The fraction of sp³-hybridized carbons (Fsp3) is 0.429. The molecule has 194 valence electrons. The van der Waals surface area contributed by atoms with Crippen LogP contribution in [0.25, 0.3) is 11.1 Å². The van der Waals surface area contributed by atoms with Crippen molar-refractivity contribution in [2.75, 3.05) is 18.0 Å². The maximum Gasteiger partial charge on any atom is 0.407 e. The molecule has 0 atom stereocenters. The predicted molar refractivity (Wildman–Crippen MR) is 141 cm³/mol. The standard InChI is InChI=1S/C28H32N4O4S/c1-31-25(28(34)36-35-27(33)22-8-4-2-5-9-22)26(29-30-31)37-24-16-12-21(13-17-24)20-10-14-23(15-11-20)32-18-6-3-7-19-32/h10-17,22H,2-9,18-19H2,1H3. The lowest BCUT2D eigenvalue weighted by Crippen LogP contribution is -2.29. The first-order valence-corrected chi connectivity index (χ1v) is 13.9. The van der Waals surface area contributed by atoms with Gasteiger partial charge in [-0.25, -0.2) is 24.0 Å². The van der Waals surface area contributed by atoms with Crippen LogP contribution in [0.3, 0.4) is 0 Å². The molecule has 8 nitrogen and oxygen atoms in total. The maximum atomic E-state index is 12.7. The molecule has 0 amide bonds. The van der Waals surface area contributed by atoms with E-state index in [2.05, 4.69) is 51.6 Å². The SMILES string of the molecule is Cn1nnc(Sc2ccc(-c3ccc(N4CCCCC4)cc3)cc2)c1C(=O)OOC(=O)C1CCCCC1. The van der Waals surface area contributed by atoms with E-state index in [1.807, 2.05) is 12.1 Å². The number of hydrogen-bond donors (Lipinski definition) is 0. The molecule has 0 bridgehead atoms. The number of nitrogens with zero attached hydrogens (tertiary/aromatic N) is 4. The number of hydrogen-bond acceptors (Lipinski definition) is 8. The van der Waals surface area contributed by atoms with E-state index in [9.17, 15) is 9.59 Å². The number of rotatable bonds is 6. The highest BCUT2D eigenvalue weighted by molar-refractivity contribution is 7.99. The van der Waals surface area contributed by atoms with E-state index in [1.54, 1.807) is 7.05 Å². The molecule has 3 aromatic rings. The second kappa shape index (κ2) is 11.8. The Morgan fingerprint density at radius 2 is 1.46 bits per heavy atom. The van der Waals surface area contributed by atoms with Crippen LogP contribution in [-0.4, -0.2) is 40.0 Å². The van der Waals surface area contributed by atoms with Gasteiger partial charge >= 0.3 is 11.9 Å². The molecule has 1 saturated heterocycles. The van der Waals surface area contributed by atoms with Crippen molar-refractivity contribution in [2.45, 2.75) is 61.3 Å². The third-order valence-corrected chi connectivity index (χ3v) is 8.09. The first-order chi connectivity index (χ1) is 18.1. The van der Waals surface area contributed by atoms with Gasteiger partial charge in [-0.1, -0.05) is 60.5 Å². The average Bonchev–Trinajstić information content (AvgIpc) is 3.32.